The number of hydrogen-bond donors (Lipinski definition) is 2. The summed E-state index contributed by atoms with van der Waals surface area (Å²) in [4.78, 5) is 21.7. The van der Waals surface area contributed by atoms with Crippen LogP contribution in [0.3, 0.4) is 0 Å². The zero-order chi connectivity index (χ0) is 9.14. The number of rotatable bonds is 1. The molecule has 68 valence electrons. The van der Waals surface area contributed by atoms with Gasteiger partial charge in [-0.2, -0.15) is 0 Å². The standard InChI is InChI=1S/C7H12N2O3/c1-5(10)8-6-3-2-4-9(12)7(6)11/h6,12H,2-4H2,1H3,(H,8,10). The monoisotopic (exact) mass is 172 g/mol. The average molecular weight is 172 g/mol. The predicted molar refractivity (Wildman–Crippen MR) is 40.3 cm³/mol. The first kappa shape index (κ1) is 8.99. The second-order valence-corrected chi connectivity index (χ2v) is 2.86. The molecule has 5 nitrogen and oxygen atoms in total. The van der Waals surface area contributed by atoms with Gasteiger partial charge in [-0.25, -0.2) is 5.06 Å². The molecule has 0 spiro atoms. The van der Waals surface area contributed by atoms with Crippen molar-refractivity contribution in [3.63, 3.8) is 0 Å². The summed E-state index contributed by atoms with van der Waals surface area (Å²) in [5.41, 5.74) is 0. The molecule has 0 bridgehead atoms. The van der Waals surface area contributed by atoms with E-state index in [1.165, 1.54) is 6.92 Å². The number of amides is 2. The molecule has 1 aliphatic heterocycles. The summed E-state index contributed by atoms with van der Waals surface area (Å²) >= 11 is 0. The molecule has 1 rings (SSSR count). The Labute approximate surface area is 70.3 Å². The lowest BCUT2D eigenvalue weighted by Gasteiger charge is -2.27. The third kappa shape index (κ3) is 1.94. The normalized spacial score (nSPS) is 24.0. The number of hydrogen-bond acceptors (Lipinski definition) is 3. The molecule has 1 atom stereocenters. The molecule has 0 aliphatic carbocycles. The first-order valence-corrected chi connectivity index (χ1v) is 3.88. The van der Waals surface area contributed by atoms with Gasteiger partial charge in [0, 0.05) is 13.5 Å². The fourth-order valence-corrected chi connectivity index (χ4v) is 1.24. The molecule has 1 unspecified atom stereocenters. The number of piperidine rings is 1. The van der Waals surface area contributed by atoms with Crippen LogP contribution in [0.5, 0.6) is 0 Å². The number of nitrogens with zero attached hydrogens (tertiary/aromatic N) is 1. The molecule has 2 amide bonds. The van der Waals surface area contributed by atoms with Crippen molar-refractivity contribution in [1.82, 2.24) is 10.4 Å². The van der Waals surface area contributed by atoms with Crippen LogP contribution in [0.2, 0.25) is 0 Å². The van der Waals surface area contributed by atoms with Crippen LogP contribution in [0.25, 0.3) is 0 Å². The Morgan fingerprint density at radius 2 is 2.42 bits per heavy atom. The molecule has 1 saturated heterocycles. The third-order valence-corrected chi connectivity index (χ3v) is 1.79. The molecule has 2 N–H and O–H groups in total. The molecule has 0 saturated carbocycles. The maximum Gasteiger partial charge on any atom is 0.268 e. The second-order valence-electron chi connectivity index (χ2n) is 2.86. The van der Waals surface area contributed by atoms with Crippen molar-refractivity contribution in [3.8, 4) is 0 Å². The lowest BCUT2D eigenvalue weighted by molar-refractivity contribution is -0.173. The van der Waals surface area contributed by atoms with Crippen LogP contribution in [0, 0.1) is 0 Å². The van der Waals surface area contributed by atoms with E-state index >= 15 is 0 Å². The molecular weight excluding hydrogens is 160 g/mol. The number of nitrogens with one attached hydrogen (secondary N) is 1. The Hall–Kier alpha value is -1.10. The van der Waals surface area contributed by atoms with Crippen molar-refractivity contribution in [1.29, 1.82) is 0 Å². The fraction of sp³-hybridized carbons (Fsp3) is 0.714. The minimum absolute atomic E-state index is 0.247. The van der Waals surface area contributed by atoms with E-state index in [2.05, 4.69) is 5.32 Å². The van der Waals surface area contributed by atoms with Crippen LogP contribution in [-0.4, -0.2) is 34.7 Å². The molecule has 1 heterocycles. The van der Waals surface area contributed by atoms with E-state index in [9.17, 15) is 9.59 Å². The maximum absolute atomic E-state index is 11.1. The highest BCUT2D eigenvalue weighted by atomic mass is 16.5. The SMILES string of the molecule is CC(=O)NC1CCCN(O)C1=O. The molecule has 12 heavy (non-hydrogen) atoms. The van der Waals surface area contributed by atoms with Gasteiger partial charge in [-0.1, -0.05) is 0 Å². The zero-order valence-electron chi connectivity index (χ0n) is 6.91. The summed E-state index contributed by atoms with van der Waals surface area (Å²) in [6.45, 7) is 1.71. The van der Waals surface area contributed by atoms with Gasteiger partial charge < -0.3 is 5.32 Å². The topological polar surface area (TPSA) is 69.6 Å². The number of carbonyl (C=O) groups is 2. The van der Waals surface area contributed by atoms with Gasteiger partial charge in [0.2, 0.25) is 5.91 Å². The number of carbonyl (C=O) groups excluding carboxylic acids is 2. The van der Waals surface area contributed by atoms with Crippen molar-refractivity contribution in [2.24, 2.45) is 0 Å². The van der Waals surface area contributed by atoms with Crippen LogP contribution in [0.4, 0.5) is 0 Å². The molecule has 0 aromatic heterocycles. The van der Waals surface area contributed by atoms with Crippen LogP contribution in [0.15, 0.2) is 0 Å². The Balaban J connectivity index is 2.52. The summed E-state index contributed by atoms with van der Waals surface area (Å²) in [6.07, 6.45) is 1.32. The van der Waals surface area contributed by atoms with E-state index < -0.39 is 11.9 Å². The molecule has 1 aliphatic rings. The first-order valence-electron chi connectivity index (χ1n) is 3.88. The minimum Gasteiger partial charge on any atom is -0.344 e. The van der Waals surface area contributed by atoms with Gasteiger partial charge >= 0.3 is 0 Å². The van der Waals surface area contributed by atoms with Gasteiger partial charge in [-0.3, -0.25) is 14.8 Å². The lowest BCUT2D eigenvalue weighted by atomic mass is 10.1. The van der Waals surface area contributed by atoms with Crippen LogP contribution in [0.1, 0.15) is 19.8 Å². The molecule has 0 radical (unpaired) electrons. The predicted octanol–water partition coefficient (Wildman–Crippen LogP) is -0.497. The summed E-state index contributed by atoms with van der Waals surface area (Å²) in [5, 5.41) is 12.1. The van der Waals surface area contributed by atoms with Gasteiger partial charge in [0.15, 0.2) is 0 Å². The zero-order valence-corrected chi connectivity index (χ0v) is 6.91. The van der Waals surface area contributed by atoms with Crippen molar-refractivity contribution in [2.75, 3.05) is 6.54 Å². The van der Waals surface area contributed by atoms with E-state index in [0.717, 1.165) is 0 Å². The lowest BCUT2D eigenvalue weighted by Crippen LogP contribution is -2.50. The summed E-state index contributed by atoms with van der Waals surface area (Å²) < 4.78 is 0. The van der Waals surface area contributed by atoms with Crippen LogP contribution >= 0.6 is 0 Å². The Bertz CT molecular complexity index is 205. The highest BCUT2D eigenvalue weighted by Gasteiger charge is 2.27. The van der Waals surface area contributed by atoms with E-state index in [4.69, 9.17) is 5.21 Å². The summed E-state index contributed by atoms with van der Waals surface area (Å²) in [5.74, 6) is -0.667. The average Bonchev–Trinajstić information content (AvgIpc) is 1.98. The fourth-order valence-electron chi connectivity index (χ4n) is 1.24. The van der Waals surface area contributed by atoms with Gasteiger partial charge in [0.25, 0.3) is 5.91 Å². The van der Waals surface area contributed by atoms with E-state index in [-0.39, 0.29) is 5.91 Å². The summed E-state index contributed by atoms with van der Waals surface area (Å²) in [6, 6.07) is -0.541. The molecule has 5 heteroatoms. The Morgan fingerprint density at radius 1 is 1.75 bits per heavy atom. The minimum atomic E-state index is -0.541. The molecule has 0 aromatic rings. The highest BCUT2D eigenvalue weighted by molar-refractivity contribution is 5.86. The van der Waals surface area contributed by atoms with Gasteiger partial charge in [-0.05, 0) is 12.8 Å². The van der Waals surface area contributed by atoms with Gasteiger partial charge in [0.1, 0.15) is 6.04 Å². The van der Waals surface area contributed by atoms with E-state index in [1.54, 1.807) is 0 Å². The number of hydroxylamine groups is 2. The molecule has 0 aromatic carbocycles. The Morgan fingerprint density at radius 3 is 3.00 bits per heavy atom. The van der Waals surface area contributed by atoms with Crippen LogP contribution < -0.4 is 5.32 Å². The molecular formula is C7H12N2O3. The Kier molecular flexibility index (Phi) is 2.65. The highest BCUT2D eigenvalue weighted by Crippen LogP contribution is 2.08. The first-order chi connectivity index (χ1) is 5.61. The smallest absolute Gasteiger partial charge is 0.268 e. The third-order valence-electron chi connectivity index (χ3n) is 1.79. The molecule has 1 fully saturated rings. The van der Waals surface area contributed by atoms with Crippen molar-refractivity contribution in [3.05, 3.63) is 0 Å². The van der Waals surface area contributed by atoms with E-state index in [1.807, 2.05) is 0 Å². The van der Waals surface area contributed by atoms with Crippen molar-refractivity contribution < 1.29 is 14.8 Å². The quantitative estimate of drug-likeness (QED) is 0.524. The van der Waals surface area contributed by atoms with Crippen LogP contribution in [-0.2, 0) is 9.59 Å². The van der Waals surface area contributed by atoms with Gasteiger partial charge in [0.05, 0.1) is 0 Å². The maximum atomic E-state index is 11.1. The largest absolute Gasteiger partial charge is 0.344 e. The van der Waals surface area contributed by atoms with Crippen molar-refractivity contribution in [2.45, 2.75) is 25.8 Å². The van der Waals surface area contributed by atoms with E-state index in [0.29, 0.717) is 24.4 Å². The van der Waals surface area contributed by atoms with Crippen molar-refractivity contribution >= 4 is 11.8 Å². The van der Waals surface area contributed by atoms with Gasteiger partial charge in [-0.15, -0.1) is 0 Å². The summed E-state index contributed by atoms with van der Waals surface area (Å²) in [7, 11) is 0. The second kappa shape index (κ2) is 3.53.